The predicted octanol–water partition coefficient (Wildman–Crippen LogP) is 6.74. The van der Waals surface area contributed by atoms with Gasteiger partial charge in [0, 0.05) is 6.54 Å². The van der Waals surface area contributed by atoms with Crippen LogP contribution in [-0.4, -0.2) is 12.5 Å². The van der Waals surface area contributed by atoms with Gasteiger partial charge in [-0.1, -0.05) is 82.6 Å². The number of nitrogens with one attached hydrogen (secondary N) is 1. The van der Waals surface area contributed by atoms with Crippen LogP contribution < -0.4 is 5.32 Å². The van der Waals surface area contributed by atoms with Crippen molar-refractivity contribution >= 4 is 5.91 Å². The third-order valence-electron chi connectivity index (χ3n) is 8.53. The molecule has 166 valence electrons. The Morgan fingerprint density at radius 2 is 1.77 bits per heavy atom. The summed E-state index contributed by atoms with van der Waals surface area (Å²) in [4.78, 5) is 13.0. The summed E-state index contributed by atoms with van der Waals surface area (Å²) in [6.45, 7) is 12.3. The third kappa shape index (κ3) is 4.06. The van der Waals surface area contributed by atoms with E-state index in [1.165, 1.54) is 37.7 Å². The second-order valence-electron chi connectivity index (χ2n) is 10.9. The Balaban J connectivity index is 1.53. The number of hydrogen-bond acceptors (Lipinski definition) is 1. The van der Waals surface area contributed by atoms with E-state index in [1.807, 2.05) is 37.3 Å². The van der Waals surface area contributed by atoms with Gasteiger partial charge < -0.3 is 5.32 Å². The van der Waals surface area contributed by atoms with E-state index in [0.717, 1.165) is 12.1 Å². The monoisotopic (exact) mass is 417 g/mol. The van der Waals surface area contributed by atoms with Gasteiger partial charge in [0.2, 0.25) is 5.91 Å². The molecule has 0 aliphatic heterocycles. The molecule has 0 saturated heterocycles. The highest BCUT2D eigenvalue weighted by atomic mass is 16.1. The fraction of sp³-hybridized carbons (Fsp3) is 0.552. The zero-order chi connectivity index (χ0) is 22.2. The lowest BCUT2D eigenvalue weighted by Crippen LogP contribution is -2.53. The van der Waals surface area contributed by atoms with Crippen LogP contribution in [0.25, 0.3) is 0 Å². The van der Waals surface area contributed by atoms with E-state index in [0.29, 0.717) is 11.8 Å². The predicted molar refractivity (Wildman–Crippen MR) is 130 cm³/mol. The van der Waals surface area contributed by atoms with Crippen LogP contribution in [0.5, 0.6) is 0 Å². The van der Waals surface area contributed by atoms with Crippen LogP contribution in [0.2, 0.25) is 0 Å². The van der Waals surface area contributed by atoms with E-state index in [4.69, 9.17) is 0 Å². The van der Waals surface area contributed by atoms with E-state index in [1.54, 1.807) is 11.1 Å². The topological polar surface area (TPSA) is 29.1 Å². The van der Waals surface area contributed by atoms with Gasteiger partial charge in [0.15, 0.2) is 0 Å². The van der Waals surface area contributed by atoms with Crippen LogP contribution in [0, 0.1) is 11.3 Å². The lowest BCUT2D eigenvalue weighted by molar-refractivity contribution is -0.123. The fourth-order valence-electron chi connectivity index (χ4n) is 6.55. The summed E-state index contributed by atoms with van der Waals surface area (Å²) in [6.07, 6.45) is 6.09. The van der Waals surface area contributed by atoms with Gasteiger partial charge in [-0.2, -0.15) is 0 Å². The van der Waals surface area contributed by atoms with E-state index < -0.39 is 0 Å². The number of benzene rings is 2. The quantitative estimate of drug-likeness (QED) is 0.573. The minimum absolute atomic E-state index is 0.110. The summed E-state index contributed by atoms with van der Waals surface area (Å²) in [6, 6.07) is 17.4. The van der Waals surface area contributed by atoms with Crippen molar-refractivity contribution in [3.05, 3.63) is 70.8 Å². The van der Waals surface area contributed by atoms with Gasteiger partial charge >= 0.3 is 0 Å². The second kappa shape index (κ2) is 8.45. The Kier molecular flexibility index (Phi) is 6.03. The zero-order valence-corrected chi connectivity index (χ0v) is 20.0. The Hall–Kier alpha value is -2.09. The lowest BCUT2D eigenvalue weighted by Gasteiger charge is -2.55. The van der Waals surface area contributed by atoms with Crippen molar-refractivity contribution in [3.63, 3.8) is 0 Å². The Morgan fingerprint density at radius 3 is 2.48 bits per heavy atom. The van der Waals surface area contributed by atoms with Crippen LogP contribution >= 0.6 is 0 Å². The Bertz CT molecular complexity index is 933. The molecule has 2 aromatic carbocycles. The largest absolute Gasteiger partial charge is 0.355 e. The number of aryl methyl sites for hydroxylation is 1. The first-order valence-corrected chi connectivity index (χ1v) is 12.2. The highest BCUT2D eigenvalue weighted by molar-refractivity contribution is 5.83. The maximum absolute atomic E-state index is 13.0. The first kappa shape index (κ1) is 22.1. The first-order chi connectivity index (χ1) is 14.7. The molecule has 0 unspecified atom stereocenters. The summed E-state index contributed by atoms with van der Waals surface area (Å²) >= 11 is 0. The number of carbonyl (C=O) groups excluding carboxylic acids is 1. The molecule has 4 rings (SSSR count). The van der Waals surface area contributed by atoms with Gasteiger partial charge in [0.25, 0.3) is 0 Å². The van der Waals surface area contributed by atoms with Crippen molar-refractivity contribution in [3.8, 4) is 0 Å². The molecule has 4 atom stereocenters. The van der Waals surface area contributed by atoms with Gasteiger partial charge in [0.1, 0.15) is 0 Å². The highest BCUT2D eigenvalue weighted by Crippen LogP contribution is 2.57. The molecule has 31 heavy (non-hydrogen) atoms. The maximum atomic E-state index is 13.0. The molecule has 1 amide bonds. The summed E-state index contributed by atoms with van der Waals surface area (Å²) < 4.78 is 0. The molecule has 0 radical (unpaired) electrons. The first-order valence-electron chi connectivity index (χ1n) is 12.2. The van der Waals surface area contributed by atoms with E-state index in [-0.39, 0.29) is 22.7 Å². The van der Waals surface area contributed by atoms with Crippen LogP contribution in [0.4, 0.5) is 0 Å². The van der Waals surface area contributed by atoms with Crippen molar-refractivity contribution in [2.24, 2.45) is 11.3 Å². The van der Waals surface area contributed by atoms with Gasteiger partial charge in [-0.3, -0.25) is 4.79 Å². The molecular formula is C29H39NO. The number of amides is 1. The molecule has 2 aliphatic rings. The molecule has 1 fully saturated rings. The molecule has 1 N–H and O–H groups in total. The van der Waals surface area contributed by atoms with Crippen LogP contribution in [-0.2, 0) is 16.6 Å². The average Bonchev–Trinajstić information content (AvgIpc) is 2.77. The SMILES string of the molecule is CC(C)c1ccc2c(c1)CC[C@H]1[C@](C)(CNC(=O)[C@@H](C)c3ccccc3)CCC[C@]21C. The molecule has 1 saturated carbocycles. The molecule has 2 nitrogen and oxygen atoms in total. The van der Waals surface area contributed by atoms with E-state index >= 15 is 0 Å². The minimum Gasteiger partial charge on any atom is -0.355 e. The van der Waals surface area contributed by atoms with Crippen molar-refractivity contribution < 1.29 is 4.79 Å². The summed E-state index contributed by atoms with van der Waals surface area (Å²) in [5.41, 5.74) is 6.05. The number of hydrogen-bond donors (Lipinski definition) is 1. The van der Waals surface area contributed by atoms with Crippen molar-refractivity contribution in [1.82, 2.24) is 5.32 Å². The molecule has 0 spiro atoms. The van der Waals surface area contributed by atoms with E-state index in [9.17, 15) is 4.79 Å². The smallest absolute Gasteiger partial charge is 0.227 e. The molecule has 2 heteroatoms. The van der Waals surface area contributed by atoms with Crippen LogP contribution in [0.3, 0.4) is 0 Å². The number of rotatable bonds is 5. The van der Waals surface area contributed by atoms with Gasteiger partial charge in [-0.05, 0) is 77.5 Å². The maximum Gasteiger partial charge on any atom is 0.227 e. The average molecular weight is 418 g/mol. The summed E-state index contributed by atoms with van der Waals surface area (Å²) in [7, 11) is 0. The lowest BCUT2D eigenvalue weighted by atomic mass is 9.49. The Labute approximate surface area is 188 Å². The minimum atomic E-state index is -0.110. The highest BCUT2D eigenvalue weighted by Gasteiger charge is 2.51. The van der Waals surface area contributed by atoms with Crippen LogP contribution in [0.15, 0.2) is 48.5 Å². The molecule has 0 heterocycles. The molecule has 2 aromatic rings. The van der Waals surface area contributed by atoms with Crippen molar-refractivity contribution in [2.45, 2.75) is 84.0 Å². The molecule has 0 aromatic heterocycles. The third-order valence-corrected chi connectivity index (χ3v) is 8.53. The van der Waals surface area contributed by atoms with Gasteiger partial charge in [0.05, 0.1) is 5.92 Å². The van der Waals surface area contributed by atoms with Crippen molar-refractivity contribution in [2.75, 3.05) is 6.54 Å². The van der Waals surface area contributed by atoms with Crippen molar-refractivity contribution in [1.29, 1.82) is 0 Å². The Morgan fingerprint density at radius 1 is 1.03 bits per heavy atom. The standard InChI is InChI=1S/C29H39NO/c1-20(2)23-12-14-25-24(18-23)13-15-26-28(4,16-9-17-29(25,26)5)19-30-27(31)21(3)22-10-7-6-8-11-22/h6-8,10-12,14,18,20-21,26H,9,13,15-17,19H2,1-5H3,(H,30,31)/t21-,26-,28-,29+/m0/s1. The zero-order valence-electron chi connectivity index (χ0n) is 20.0. The molecule has 2 aliphatic carbocycles. The number of carbonyl (C=O) groups is 1. The molecular weight excluding hydrogens is 378 g/mol. The van der Waals surface area contributed by atoms with Gasteiger partial charge in [-0.25, -0.2) is 0 Å². The second-order valence-corrected chi connectivity index (χ2v) is 10.9. The number of fused-ring (bicyclic) bond motifs is 3. The fourth-order valence-corrected chi connectivity index (χ4v) is 6.55. The normalized spacial score (nSPS) is 28.5. The summed E-state index contributed by atoms with van der Waals surface area (Å²) in [5, 5.41) is 3.35. The molecule has 0 bridgehead atoms. The van der Waals surface area contributed by atoms with Crippen LogP contribution in [0.1, 0.15) is 94.4 Å². The van der Waals surface area contributed by atoms with E-state index in [2.05, 4.69) is 51.2 Å². The summed E-state index contributed by atoms with van der Waals surface area (Å²) in [5.74, 6) is 1.23. The van der Waals surface area contributed by atoms with Gasteiger partial charge in [-0.15, -0.1) is 0 Å².